The minimum absolute atomic E-state index is 0.0354. The molecule has 1 amide bonds. The van der Waals surface area contributed by atoms with Gasteiger partial charge in [0.2, 0.25) is 0 Å². The Morgan fingerprint density at radius 2 is 1.77 bits per heavy atom. The molecule has 0 saturated carbocycles. The highest BCUT2D eigenvalue weighted by Gasteiger charge is 2.13. The van der Waals surface area contributed by atoms with Crippen molar-refractivity contribution in [2.24, 2.45) is 0 Å². The van der Waals surface area contributed by atoms with Crippen LogP contribution in [0.5, 0.6) is 0 Å². The molecule has 0 fully saturated rings. The lowest BCUT2D eigenvalue weighted by Crippen LogP contribution is -2.13. The fourth-order valence-electron chi connectivity index (χ4n) is 3.45. The van der Waals surface area contributed by atoms with Crippen LogP contribution >= 0.6 is 11.6 Å². The third-order valence-electron chi connectivity index (χ3n) is 5.06. The zero-order valence-electron chi connectivity index (χ0n) is 17.0. The topological polar surface area (TPSA) is 57.8 Å². The number of hydrogen-bond donors (Lipinski definition) is 1. The largest absolute Gasteiger partial charge is 0.342 e. The first-order chi connectivity index (χ1) is 15.0. The van der Waals surface area contributed by atoms with E-state index in [1.54, 1.807) is 30.3 Å². The number of nitriles is 1. The second-order valence-corrected chi connectivity index (χ2v) is 7.78. The maximum absolute atomic E-state index is 12.7. The smallest absolute Gasteiger partial charge is 0.266 e. The summed E-state index contributed by atoms with van der Waals surface area (Å²) in [5.41, 5.74) is 4.89. The van der Waals surface area contributed by atoms with Gasteiger partial charge in [-0.05, 0) is 48.9 Å². The molecule has 0 saturated heterocycles. The number of halogens is 1. The van der Waals surface area contributed by atoms with E-state index in [0.29, 0.717) is 17.3 Å². The minimum Gasteiger partial charge on any atom is -0.342 e. The molecule has 1 N–H and O–H groups in total. The van der Waals surface area contributed by atoms with Gasteiger partial charge in [-0.3, -0.25) is 4.79 Å². The van der Waals surface area contributed by atoms with Crippen LogP contribution in [0.15, 0.2) is 84.6 Å². The van der Waals surface area contributed by atoms with E-state index in [0.717, 1.165) is 16.5 Å². The average Bonchev–Trinajstić information content (AvgIpc) is 3.12. The molecule has 4 rings (SSSR count). The molecule has 0 aliphatic carbocycles. The molecule has 0 aliphatic rings. The van der Waals surface area contributed by atoms with E-state index in [9.17, 15) is 10.1 Å². The number of rotatable bonds is 5. The second-order valence-electron chi connectivity index (χ2n) is 7.35. The number of nitrogens with zero attached hydrogens (tertiary/aromatic N) is 2. The Labute approximate surface area is 186 Å². The van der Waals surface area contributed by atoms with Crippen molar-refractivity contribution in [3.8, 4) is 6.07 Å². The quantitative estimate of drug-likeness (QED) is 0.306. The van der Waals surface area contributed by atoms with Gasteiger partial charge in [0.15, 0.2) is 0 Å². The van der Waals surface area contributed by atoms with Crippen molar-refractivity contribution in [2.75, 3.05) is 5.32 Å². The molecular weight excluding hydrogens is 406 g/mol. The van der Waals surface area contributed by atoms with E-state index in [2.05, 4.69) is 41.1 Å². The molecule has 4 nitrogen and oxygen atoms in total. The van der Waals surface area contributed by atoms with Crippen LogP contribution in [0.2, 0.25) is 5.02 Å². The number of para-hydroxylation sites is 1. The molecular formula is C26H20ClN3O. The van der Waals surface area contributed by atoms with Gasteiger partial charge in [-0.15, -0.1) is 0 Å². The molecule has 0 spiro atoms. The lowest BCUT2D eigenvalue weighted by atomic mass is 10.1. The summed E-state index contributed by atoms with van der Waals surface area (Å²) in [5.74, 6) is -0.458. The highest BCUT2D eigenvalue weighted by atomic mass is 35.5. The molecule has 1 aromatic heterocycles. The third kappa shape index (κ3) is 4.69. The summed E-state index contributed by atoms with van der Waals surface area (Å²) in [7, 11) is 0. The molecule has 5 heteroatoms. The van der Waals surface area contributed by atoms with E-state index in [4.69, 9.17) is 11.6 Å². The van der Waals surface area contributed by atoms with Crippen LogP contribution in [0.25, 0.3) is 17.0 Å². The van der Waals surface area contributed by atoms with Crippen LogP contribution in [0.4, 0.5) is 5.69 Å². The first-order valence-corrected chi connectivity index (χ1v) is 10.2. The fourth-order valence-corrected chi connectivity index (χ4v) is 3.57. The lowest BCUT2D eigenvalue weighted by molar-refractivity contribution is -0.112. The highest BCUT2D eigenvalue weighted by Crippen LogP contribution is 2.25. The minimum atomic E-state index is -0.458. The molecule has 1 heterocycles. The molecule has 4 aromatic rings. The van der Waals surface area contributed by atoms with E-state index in [-0.39, 0.29) is 5.57 Å². The Morgan fingerprint density at radius 1 is 1.06 bits per heavy atom. The summed E-state index contributed by atoms with van der Waals surface area (Å²) in [6.45, 7) is 2.77. The zero-order chi connectivity index (χ0) is 21.8. The Morgan fingerprint density at radius 3 is 2.48 bits per heavy atom. The van der Waals surface area contributed by atoms with Gasteiger partial charge in [-0.2, -0.15) is 5.26 Å². The Hall–Kier alpha value is -3.81. The van der Waals surface area contributed by atoms with E-state index in [1.165, 1.54) is 11.1 Å². The predicted octanol–water partition coefficient (Wildman–Crippen LogP) is 6.20. The van der Waals surface area contributed by atoms with E-state index in [1.807, 2.05) is 36.5 Å². The first-order valence-electron chi connectivity index (χ1n) is 9.85. The van der Waals surface area contributed by atoms with Gasteiger partial charge in [0, 0.05) is 39.9 Å². The standard InChI is InChI=1S/C26H20ClN3O/c1-18-6-8-19(9-7-18)16-30-17-21(24-4-2-3-5-25(24)30)14-20(15-28)26(31)29-23-12-10-22(27)11-13-23/h2-14,17H,16H2,1H3,(H,29,31)/b20-14-. The Balaban J connectivity index is 1.66. The number of carbonyl (C=O) groups excluding carboxylic acids is 1. The number of benzene rings is 3. The van der Waals surface area contributed by atoms with Gasteiger partial charge in [-0.1, -0.05) is 59.6 Å². The number of nitrogens with one attached hydrogen (secondary N) is 1. The van der Waals surface area contributed by atoms with Gasteiger partial charge in [0.05, 0.1) is 0 Å². The molecule has 0 aliphatic heterocycles. The maximum atomic E-state index is 12.7. The van der Waals surface area contributed by atoms with Crippen LogP contribution < -0.4 is 5.32 Å². The number of aromatic nitrogens is 1. The van der Waals surface area contributed by atoms with Gasteiger partial charge < -0.3 is 9.88 Å². The number of carbonyl (C=O) groups is 1. The number of hydrogen-bond acceptors (Lipinski definition) is 2. The van der Waals surface area contributed by atoms with Crippen molar-refractivity contribution in [1.82, 2.24) is 4.57 Å². The summed E-state index contributed by atoms with van der Waals surface area (Å²) in [5, 5.41) is 13.9. The van der Waals surface area contributed by atoms with Crippen molar-refractivity contribution < 1.29 is 4.79 Å². The van der Waals surface area contributed by atoms with Crippen LogP contribution in [0, 0.1) is 18.3 Å². The van der Waals surface area contributed by atoms with Crippen LogP contribution in [-0.4, -0.2) is 10.5 Å². The Kier molecular flexibility index (Phi) is 5.88. The van der Waals surface area contributed by atoms with Gasteiger partial charge in [-0.25, -0.2) is 0 Å². The summed E-state index contributed by atoms with van der Waals surface area (Å²) in [6, 6.07) is 25.2. The summed E-state index contributed by atoms with van der Waals surface area (Å²) >= 11 is 5.89. The molecule has 0 bridgehead atoms. The molecule has 152 valence electrons. The summed E-state index contributed by atoms with van der Waals surface area (Å²) < 4.78 is 2.14. The average molecular weight is 426 g/mol. The molecule has 0 unspecified atom stereocenters. The molecule has 31 heavy (non-hydrogen) atoms. The van der Waals surface area contributed by atoms with Crippen molar-refractivity contribution in [3.05, 3.63) is 106 Å². The lowest BCUT2D eigenvalue weighted by Gasteiger charge is -2.06. The summed E-state index contributed by atoms with van der Waals surface area (Å²) in [4.78, 5) is 12.7. The molecule has 3 aromatic carbocycles. The fraction of sp³-hybridized carbons (Fsp3) is 0.0769. The van der Waals surface area contributed by atoms with Crippen molar-refractivity contribution in [3.63, 3.8) is 0 Å². The van der Waals surface area contributed by atoms with Gasteiger partial charge >= 0.3 is 0 Å². The maximum Gasteiger partial charge on any atom is 0.266 e. The monoisotopic (exact) mass is 425 g/mol. The van der Waals surface area contributed by atoms with Gasteiger partial charge in [0.25, 0.3) is 5.91 Å². The highest BCUT2D eigenvalue weighted by molar-refractivity contribution is 6.30. The summed E-state index contributed by atoms with van der Waals surface area (Å²) in [6.07, 6.45) is 3.62. The first kappa shape index (κ1) is 20.5. The third-order valence-corrected chi connectivity index (χ3v) is 5.31. The van der Waals surface area contributed by atoms with Crippen LogP contribution in [0.1, 0.15) is 16.7 Å². The number of amides is 1. The van der Waals surface area contributed by atoms with E-state index >= 15 is 0 Å². The number of fused-ring (bicyclic) bond motifs is 1. The van der Waals surface area contributed by atoms with Crippen LogP contribution in [-0.2, 0) is 11.3 Å². The SMILES string of the molecule is Cc1ccc(Cn2cc(/C=C(/C#N)C(=O)Nc3ccc(Cl)cc3)c3ccccc32)cc1. The second kappa shape index (κ2) is 8.91. The van der Waals surface area contributed by atoms with Crippen LogP contribution in [0.3, 0.4) is 0 Å². The number of aryl methyl sites for hydroxylation is 1. The van der Waals surface area contributed by atoms with Crippen molar-refractivity contribution in [1.29, 1.82) is 5.26 Å². The van der Waals surface area contributed by atoms with Gasteiger partial charge in [0.1, 0.15) is 11.6 Å². The zero-order valence-corrected chi connectivity index (χ0v) is 17.7. The molecule has 0 radical (unpaired) electrons. The predicted molar refractivity (Wildman–Crippen MR) is 126 cm³/mol. The van der Waals surface area contributed by atoms with E-state index < -0.39 is 5.91 Å². The normalized spacial score (nSPS) is 11.3. The number of anilines is 1. The molecule has 0 atom stereocenters. The van der Waals surface area contributed by atoms with Crippen molar-refractivity contribution in [2.45, 2.75) is 13.5 Å². The van der Waals surface area contributed by atoms with Crippen molar-refractivity contribution >= 4 is 40.2 Å². The Bertz CT molecular complexity index is 1310.